The van der Waals surface area contributed by atoms with E-state index in [4.69, 9.17) is 11.6 Å². The second kappa shape index (κ2) is 14.6. The van der Waals surface area contributed by atoms with E-state index in [-0.39, 0.29) is 30.1 Å². The van der Waals surface area contributed by atoms with Gasteiger partial charge in [0.15, 0.2) is 0 Å². The van der Waals surface area contributed by atoms with Gasteiger partial charge in [0.2, 0.25) is 17.7 Å². The number of nitrogens with one attached hydrogen (secondary N) is 2. The summed E-state index contributed by atoms with van der Waals surface area (Å²) < 4.78 is 0. The molecule has 0 spiro atoms. The number of carbonyl (C=O) groups excluding carboxylic acids is 3. The Hall–Kier alpha value is -3.40. The lowest BCUT2D eigenvalue weighted by Crippen LogP contribution is -2.53. The minimum atomic E-state index is -1.02. The predicted molar refractivity (Wildman–Crippen MR) is 183 cm³/mol. The molecule has 1 aromatic heterocycles. The van der Waals surface area contributed by atoms with Crippen LogP contribution in [0.2, 0.25) is 5.02 Å². The number of fused-ring (bicyclic) bond motifs is 2. The lowest BCUT2D eigenvalue weighted by molar-refractivity contribution is -0.137. The van der Waals surface area contributed by atoms with E-state index in [1.807, 2.05) is 72.6 Å². The zero-order chi connectivity index (χ0) is 33.0. The van der Waals surface area contributed by atoms with E-state index in [2.05, 4.69) is 15.2 Å². The predicted octanol–water partition coefficient (Wildman–Crippen LogP) is 4.80. The highest BCUT2D eigenvalue weighted by molar-refractivity contribution is 6.30. The van der Waals surface area contributed by atoms with Crippen LogP contribution >= 0.6 is 11.6 Å². The number of amides is 3. The molecule has 3 amide bonds. The number of benzene rings is 2. The van der Waals surface area contributed by atoms with Gasteiger partial charge in [-0.15, -0.1) is 0 Å². The summed E-state index contributed by atoms with van der Waals surface area (Å²) in [7, 11) is 4.08. The zero-order valence-electron chi connectivity index (χ0n) is 27.5. The van der Waals surface area contributed by atoms with Crippen molar-refractivity contribution in [2.45, 2.75) is 70.4 Å². The van der Waals surface area contributed by atoms with E-state index in [0.717, 1.165) is 53.5 Å². The molecule has 2 aliphatic rings. The molecule has 10 heteroatoms. The third-order valence-electron chi connectivity index (χ3n) is 9.23. The van der Waals surface area contributed by atoms with Crippen molar-refractivity contribution in [1.29, 1.82) is 0 Å². The van der Waals surface area contributed by atoms with Gasteiger partial charge >= 0.3 is 0 Å². The fraction of sp³-hybridized carbons (Fsp3) is 0.528. The Kier molecular flexibility index (Phi) is 10.8. The third kappa shape index (κ3) is 8.69. The van der Waals surface area contributed by atoms with Crippen LogP contribution in [0.1, 0.15) is 57.1 Å². The minimum Gasteiger partial charge on any atom is -0.390 e. The van der Waals surface area contributed by atoms with E-state index >= 15 is 0 Å². The van der Waals surface area contributed by atoms with Crippen molar-refractivity contribution in [2.75, 3.05) is 45.2 Å². The number of piperidine rings is 1. The number of carbonyl (C=O) groups is 3. The fourth-order valence-corrected chi connectivity index (χ4v) is 7.22. The molecule has 248 valence electrons. The first-order valence-corrected chi connectivity index (χ1v) is 16.8. The Bertz CT molecular complexity index is 1540. The van der Waals surface area contributed by atoms with E-state index in [9.17, 15) is 19.5 Å². The highest BCUT2D eigenvalue weighted by Gasteiger charge is 2.34. The standard InChI is InChI=1S/C36H48ClN5O4/c1-36(2,46)20-34(44)41-15-13-24(14-16-41)9-12-33(43)39-31(19-27-21-38-30-8-6-5-7-29(27)30)35(45)42-23-25(22-40(3)4)17-26-18-28(37)10-11-32(26)42/h5-8,10-11,18,21,24-25,31,38,46H,9,12-17,19-20,22-23H2,1-4H3,(H,39,43)/t25-,31+/m0/s1. The van der Waals surface area contributed by atoms with Gasteiger partial charge in [0.1, 0.15) is 6.04 Å². The molecule has 9 nitrogen and oxygen atoms in total. The largest absolute Gasteiger partial charge is 0.390 e. The second-order valence-corrected chi connectivity index (χ2v) is 14.5. The maximum atomic E-state index is 14.5. The van der Waals surface area contributed by atoms with Crippen LogP contribution in [0.25, 0.3) is 10.9 Å². The first kappa shape index (κ1) is 33.9. The van der Waals surface area contributed by atoms with Crippen molar-refractivity contribution in [3.63, 3.8) is 0 Å². The van der Waals surface area contributed by atoms with Gasteiger partial charge in [-0.25, -0.2) is 0 Å². The Morgan fingerprint density at radius 2 is 1.85 bits per heavy atom. The molecule has 0 saturated carbocycles. The molecule has 0 unspecified atom stereocenters. The molecule has 0 radical (unpaired) electrons. The maximum Gasteiger partial charge on any atom is 0.249 e. The van der Waals surface area contributed by atoms with Crippen LogP contribution in [0.4, 0.5) is 5.69 Å². The molecule has 2 aliphatic heterocycles. The number of rotatable bonds is 11. The quantitative estimate of drug-likeness (QED) is 0.277. The van der Waals surface area contributed by atoms with Gasteiger partial charge in [-0.05, 0) is 101 Å². The van der Waals surface area contributed by atoms with Gasteiger partial charge in [-0.2, -0.15) is 0 Å². The molecule has 5 rings (SSSR count). The molecule has 1 saturated heterocycles. The Labute approximate surface area is 277 Å². The van der Waals surface area contributed by atoms with Crippen LogP contribution < -0.4 is 10.2 Å². The number of aromatic amines is 1. The normalized spacial score (nSPS) is 18.1. The average Bonchev–Trinajstić information content (AvgIpc) is 3.40. The number of hydrogen-bond donors (Lipinski definition) is 3. The maximum absolute atomic E-state index is 14.5. The summed E-state index contributed by atoms with van der Waals surface area (Å²) >= 11 is 6.38. The first-order chi connectivity index (χ1) is 21.9. The van der Waals surface area contributed by atoms with Crippen LogP contribution in [0.5, 0.6) is 0 Å². The number of aromatic nitrogens is 1. The third-order valence-corrected chi connectivity index (χ3v) is 9.47. The molecule has 1 fully saturated rings. The summed E-state index contributed by atoms with van der Waals surface area (Å²) in [6.45, 7) is 5.96. The van der Waals surface area contributed by atoms with Crippen LogP contribution in [0.3, 0.4) is 0 Å². The molecular weight excluding hydrogens is 602 g/mol. The van der Waals surface area contributed by atoms with Crippen molar-refractivity contribution in [3.05, 3.63) is 64.8 Å². The Morgan fingerprint density at radius 3 is 2.57 bits per heavy atom. The summed E-state index contributed by atoms with van der Waals surface area (Å²) in [5.74, 6) is 0.263. The van der Waals surface area contributed by atoms with Crippen LogP contribution in [0, 0.1) is 11.8 Å². The summed E-state index contributed by atoms with van der Waals surface area (Å²) in [5.41, 5.74) is 2.85. The van der Waals surface area contributed by atoms with Crippen LogP contribution in [-0.4, -0.2) is 89.5 Å². The zero-order valence-corrected chi connectivity index (χ0v) is 28.3. The molecule has 46 heavy (non-hydrogen) atoms. The minimum absolute atomic E-state index is 0.0308. The number of nitrogens with zero attached hydrogens (tertiary/aromatic N) is 3. The Morgan fingerprint density at radius 1 is 1.11 bits per heavy atom. The first-order valence-electron chi connectivity index (χ1n) is 16.5. The molecule has 3 N–H and O–H groups in total. The SMILES string of the molecule is CN(C)C[C@@H]1Cc2cc(Cl)ccc2N(C(=O)[C@@H](Cc2c[nH]c3ccccc23)NC(=O)CCC2CCN(C(=O)CC(C)(C)O)CC2)C1. The topological polar surface area (TPSA) is 109 Å². The van der Waals surface area contributed by atoms with Crippen molar-refractivity contribution in [2.24, 2.45) is 11.8 Å². The molecular formula is C36H48ClN5O4. The second-order valence-electron chi connectivity index (χ2n) is 14.1. The lowest BCUT2D eigenvalue weighted by Gasteiger charge is -2.37. The molecule has 3 aromatic rings. The summed E-state index contributed by atoms with van der Waals surface area (Å²) in [4.78, 5) is 49.6. The fourth-order valence-electron chi connectivity index (χ4n) is 7.02. The monoisotopic (exact) mass is 649 g/mol. The van der Waals surface area contributed by atoms with Gasteiger partial charge in [0.25, 0.3) is 0 Å². The number of aliphatic hydroxyl groups is 1. The number of likely N-dealkylation sites (tertiary alicyclic amines) is 1. The van der Waals surface area contributed by atoms with Crippen molar-refractivity contribution < 1.29 is 19.5 Å². The van der Waals surface area contributed by atoms with Gasteiger partial charge in [0.05, 0.1) is 12.0 Å². The van der Waals surface area contributed by atoms with E-state index in [1.54, 1.807) is 13.8 Å². The van der Waals surface area contributed by atoms with E-state index in [0.29, 0.717) is 49.8 Å². The van der Waals surface area contributed by atoms with Crippen molar-refractivity contribution in [3.8, 4) is 0 Å². The highest BCUT2D eigenvalue weighted by Crippen LogP contribution is 2.33. The van der Waals surface area contributed by atoms with Crippen molar-refractivity contribution in [1.82, 2.24) is 20.1 Å². The molecule has 2 atom stereocenters. The highest BCUT2D eigenvalue weighted by atomic mass is 35.5. The van der Waals surface area contributed by atoms with Crippen molar-refractivity contribution >= 4 is 45.9 Å². The molecule has 0 bridgehead atoms. The number of halogens is 1. The van der Waals surface area contributed by atoms with E-state index in [1.165, 1.54) is 0 Å². The smallest absolute Gasteiger partial charge is 0.249 e. The number of H-pyrrole nitrogens is 1. The average molecular weight is 650 g/mol. The van der Waals surface area contributed by atoms with Gasteiger partial charge in [-0.1, -0.05) is 29.8 Å². The lowest BCUT2D eigenvalue weighted by atomic mass is 9.90. The summed E-state index contributed by atoms with van der Waals surface area (Å²) in [6.07, 6.45) is 5.90. The van der Waals surface area contributed by atoms with Gasteiger partial charge in [-0.3, -0.25) is 14.4 Å². The number of hydrogen-bond acceptors (Lipinski definition) is 5. The molecule has 3 heterocycles. The van der Waals surface area contributed by atoms with Crippen LogP contribution in [-0.2, 0) is 27.2 Å². The van der Waals surface area contributed by atoms with E-state index < -0.39 is 11.6 Å². The van der Waals surface area contributed by atoms with Gasteiger partial charge in [0, 0.05) is 66.8 Å². The van der Waals surface area contributed by atoms with Crippen LogP contribution in [0.15, 0.2) is 48.7 Å². The summed E-state index contributed by atoms with van der Waals surface area (Å²) in [5, 5.41) is 14.8. The molecule has 0 aliphatic carbocycles. The number of para-hydroxylation sites is 1. The molecule has 2 aromatic carbocycles. The number of anilines is 1. The van der Waals surface area contributed by atoms with Gasteiger partial charge < -0.3 is 30.1 Å². The summed E-state index contributed by atoms with van der Waals surface area (Å²) in [6, 6.07) is 13.0. The Balaban J connectivity index is 1.29.